The van der Waals surface area contributed by atoms with E-state index in [1.54, 1.807) is 17.5 Å². The zero-order valence-electron chi connectivity index (χ0n) is 9.09. The van der Waals surface area contributed by atoms with Crippen molar-refractivity contribution >= 4 is 28.6 Å². The molecule has 1 nitrogen and oxygen atoms in total. The third kappa shape index (κ3) is 3.40. The highest BCUT2D eigenvalue weighted by molar-refractivity contribution is 7.10. The molecule has 0 saturated carbocycles. The lowest BCUT2D eigenvalue weighted by atomic mass is 10.2. The topological polar surface area (TPSA) is 12.0 Å². The molecule has 18 heavy (non-hydrogen) atoms. The molecule has 0 saturated heterocycles. The number of hydrogen-bond acceptors (Lipinski definition) is 2. The van der Waals surface area contributed by atoms with Crippen LogP contribution >= 0.6 is 22.9 Å². The molecule has 0 unspecified atom stereocenters. The van der Waals surface area contributed by atoms with Crippen molar-refractivity contribution in [3.63, 3.8) is 0 Å². The fourth-order valence-corrected chi connectivity index (χ4v) is 2.45. The second-order valence-corrected chi connectivity index (χ2v) is 5.10. The summed E-state index contributed by atoms with van der Waals surface area (Å²) in [7, 11) is 0. The van der Waals surface area contributed by atoms with E-state index >= 15 is 0 Å². The number of halogens is 4. The molecule has 0 aliphatic carbocycles. The minimum atomic E-state index is -4.32. The van der Waals surface area contributed by atoms with Gasteiger partial charge in [0, 0.05) is 22.5 Å². The number of benzene rings is 1. The summed E-state index contributed by atoms with van der Waals surface area (Å²) in [4.78, 5) is 0.970. The molecule has 0 aliphatic rings. The average Bonchev–Trinajstić information content (AvgIpc) is 2.72. The van der Waals surface area contributed by atoms with Gasteiger partial charge in [0.1, 0.15) is 0 Å². The molecule has 1 heterocycles. The van der Waals surface area contributed by atoms with Crippen LogP contribution in [0.1, 0.15) is 10.4 Å². The maximum absolute atomic E-state index is 12.5. The average molecular weight is 292 g/mol. The normalized spacial score (nSPS) is 11.6. The Kier molecular flexibility index (Phi) is 3.82. The van der Waals surface area contributed by atoms with E-state index in [0.717, 1.165) is 17.0 Å². The van der Waals surface area contributed by atoms with Crippen molar-refractivity contribution in [2.24, 2.45) is 0 Å². The monoisotopic (exact) mass is 291 g/mol. The van der Waals surface area contributed by atoms with Crippen LogP contribution in [-0.4, -0.2) is 0 Å². The van der Waals surface area contributed by atoms with E-state index in [2.05, 4.69) is 5.32 Å². The highest BCUT2D eigenvalue weighted by atomic mass is 35.5. The minimum Gasteiger partial charge on any atom is -0.380 e. The van der Waals surface area contributed by atoms with Crippen LogP contribution in [0.4, 0.5) is 18.9 Å². The Bertz CT molecular complexity index is 536. The van der Waals surface area contributed by atoms with Gasteiger partial charge in [0.15, 0.2) is 0 Å². The number of nitrogens with one attached hydrogen (secondary N) is 1. The van der Waals surface area contributed by atoms with Gasteiger partial charge in [-0.25, -0.2) is 0 Å². The van der Waals surface area contributed by atoms with Gasteiger partial charge in [-0.3, -0.25) is 0 Å². The molecule has 0 radical (unpaired) electrons. The summed E-state index contributed by atoms with van der Waals surface area (Å²) in [5.41, 5.74) is -0.217. The summed E-state index contributed by atoms with van der Waals surface area (Å²) in [6.07, 6.45) is -4.32. The van der Waals surface area contributed by atoms with Crippen molar-refractivity contribution in [3.05, 3.63) is 51.2 Å². The van der Waals surface area contributed by atoms with Crippen LogP contribution in [0.5, 0.6) is 0 Å². The van der Waals surface area contributed by atoms with E-state index in [1.807, 2.05) is 0 Å². The number of rotatable bonds is 3. The molecule has 0 bridgehead atoms. The third-order valence-electron chi connectivity index (χ3n) is 2.28. The van der Waals surface area contributed by atoms with Gasteiger partial charge >= 0.3 is 6.18 Å². The van der Waals surface area contributed by atoms with Crippen molar-refractivity contribution in [2.75, 3.05) is 5.32 Å². The van der Waals surface area contributed by atoms with Gasteiger partial charge in [0.25, 0.3) is 0 Å². The summed E-state index contributed by atoms with van der Waals surface area (Å²) >= 11 is 7.22. The number of alkyl halides is 3. The summed E-state index contributed by atoms with van der Waals surface area (Å²) < 4.78 is 37.5. The van der Waals surface area contributed by atoms with Crippen LogP contribution < -0.4 is 5.32 Å². The number of thiophene rings is 1. The molecule has 2 rings (SSSR count). The van der Waals surface area contributed by atoms with Gasteiger partial charge in [0.2, 0.25) is 0 Å². The molecule has 0 spiro atoms. The molecule has 0 aliphatic heterocycles. The van der Waals surface area contributed by atoms with Crippen LogP contribution in [-0.2, 0) is 12.7 Å². The Morgan fingerprint density at radius 2 is 2.00 bits per heavy atom. The largest absolute Gasteiger partial charge is 0.416 e. The van der Waals surface area contributed by atoms with Crippen molar-refractivity contribution in [1.29, 1.82) is 0 Å². The van der Waals surface area contributed by atoms with Crippen molar-refractivity contribution in [2.45, 2.75) is 12.7 Å². The van der Waals surface area contributed by atoms with Crippen LogP contribution in [0.15, 0.2) is 35.7 Å². The predicted molar refractivity (Wildman–Crippen MR) is 68.1 cm³/mol. The summed E-state index contributed by atoms with van der Waals surface area (Å²) in [5, 5.41) is 5.36. The molecule has 6 heteroatoms. The Balaban J connectivity index is 2.06. The zero-order valence-corrected chi connectivity index (χ0v) is 10.7. The number of hydrogen-bond donors (Lipinski definition) is 1. The number of anilines is 1. The smallest absolute Gasteiger partial charge is 0.380 e. The lowest BCUT2D eigenvalue weighted by molar-refractivity contribution is -0.137. The molecule has 0 atom stereocenters. The molecule has 96 valence electrons. The first-order valence-corrected chi connectivity index (χ1v) is 6.35. The highest BCUT2D eigenvalue weighted by Crippen LogP contribution is 2.30. The van der Waals surface area contributed by atoms with E-state index in [9.17, 15) is 13.2 Å². The van der Waals surface area contributed by atoms with E-state index in [1.165, 1.54) is 17.4 Å². The standard InChI is InChI=1S/C12H9ClF3NS/c13-9-5-11(18-7-9)6-17-10-3-1-2-8(4-10)12(14,15)16/h1-5,7,17H,6H2. The van der Waals surface area contributed by atoms with Crippen LogP contribution in [0.3, 0.4) is 0 Å². The van der Waals surface area contributed by atoms with E-state index < -0.39 is 11.7 Å². The maximum atomic E-state index is 12.5. The SMILES string of the molecule is FC(F)(F)c1cccc(NCc2cc(Cl)cs2)c1. The summed E-state index contributed by atoms with van der Waals surface area (Å²) in [6, 6.07) is 6.91. The second kappa shape index (κ2) is 5.20. The Morgan fingerprint density at radius 1 is 1.22 bits per heavy atom. The summed E-state index contributed by atoms with van der Waals surface area (Å²) in [6.45, 7) is 0.457. The first-order chi connectivity index (χ1) is 8.45. The van der Waals surface area contributed by atoms with Crippen molar-refractivity contribution < 1.29 is 13.2 Å². The van der Waals surface area contributed by atoms with Crippen LogP contribution in [0.25, 0.3) is 0 Å². The lowest BCUT2D eigenvalue weighted by Crippen LogP contribution is -2.06. The first kappa shape index (κ1) is 13.2. The minimum absolute atomic E-state index is 0.439. The maximum Gasteiger partial charge on any atom is 0.416 e. The molecule has 2 aromatic rings. The van der Waals surface area contributed by atoms with Crippen LogP contribution in [0, 0.1) is 0 Å². The summed E-state index contributed by atoms with van der Waals surface area (Å²) in [5.74, 6) is 0. The first-order valence-electron chi connectivity index (χ1n) is 5.09. The van der Waals surface area contributed by atoms with E-state index in [4.69, 9.17) is 11.6 Å². The molecule has 1 aromatic carbocycles. The second-order valence-electron chi connectivity index (χ2n) is 3.66. The van der Waals surface area contributed by atoms with Crippen LogP contribution in [0.2, 0.25) is 5.02 Å². The van der Waals surface area contributed by atoms with Crippen molar-refractivity contribution in [1.82, 2.24) is 0 Å². The fourth-order valence-electron chi connectivity index (χ4n) is 1.44. The van der Waals surface area contributed by atoms with E-state index in [-0.39, 0.29) is 0 Å². The molecule has 1 N–H and O–H groups in total. The molecular weight excluding hydrogens is 283 g/mol. The van der Waals surface area contributed by atoms with Gasteiger partial charge in [-0.1, -0.05) is 17.7 Å². The van der Waals surface area contributed by atoms with Gasteiger partial charge in [-0.2, -0.15) is 13.2 Å². The molecule has 1 aromatic heterocycles. The Labute approximate surface area is 111 Å². The quantitative estimate of drug-likeness (QED) is 0.836. The Morgan fingerprint density at radius 3 is 2.61 bits per heavy atom. The molecule has 0 amide bonds. The Hall–Kier alpha value is -1.20. The van der Waals surface area contributed by atoms with E-state index in [0.29, 0.717) is 17.3 Å². The van der Waals surface area contributed by atoms with Crippen molar-refractivity contribution in [3.8, 4) is 0 Å². The van der Waals surface area contributed by atoms with Gasteiger partial charge in [-0.15, -0.1) is 11.3 Å². The highest BCUT2D eigenvalue weighted by Gasteiger charge is 2.30. The third-order valence-corrected chi connectivity index (χ3v) is 3.56. The fraction of sp³-hybridized carbons (Fsp3) is 0.167. The molecule has 0 fully saturated rings. The molecular formula is C12H9ClF3NS. The van der Waals surface area contributed by atoms with Gasteiger partial charge in [0.05, 0.1) is 10.6 Å². The predicted octanol–water partition coefficient (Wildman–Crippen LogP) is 5.03. The lowest BCUT2D eigenvalue weighted by Gasteiger charge is -2.09. The zero-order chi connectivity index (χ0) is 13.2. The van der Waals surface area contributed by atoms with Gasteiger partial charge in [-0.05, 0) is 24.3 Å². The van der Waals surface area contributed by atoms with Gasteiger partial charge < -0.3 is 5.32 Å².